The lowest BCUT2D eigenvalue weighted by Crippen LogP contribution is -1.91. The van der Waals surface area contributed by atoms with Gasteiger partial charge in [-0.15, -0.1) is 0 Å². The van der Waals surface area contributed by atoms with E-state index in [1.54, 1.807) is 6.07 Å². The van der Waals surface area contributed by atoms with Gasteiger partial charge >= 0.3 is 0 Å². The number of aromatic nitrogens is 2. The average molecular weight is 298 g/mol. The number of benzene rings is 1. The molecule has 2 rings (SSSR count). The first-order chi connectivity index (χ1) is 8.04. The predicted octanol–water partition coefficient (Wildman–Crippen LogP) is 2.44. The molecule has 0 aliphatic carbocycles. The first-order valence-corrected chi connectivity index (χ1v) is 5.71. The molecule has 0 spiro atoms. The van der Waals surface area contributed by atoms with Crippen LogP contribution in [0, 0.1) is 6.92 Å². The Bertz CT molecular complexity index is 566. The number of hydrogen-bond acceptors (Lipinski definition) is 4. The largest absolute Gasteiger partial charge is 0.504 e. The summed E-state index contributed by atoms with van der Waals surface area (Å²) in [6.07, 6.45) is 0. The molecular weight excluding hydrogens is 286 g/mol. The Balaban J connectivity index is 2.69. The van der Waals surface area contributed by atoms with E-state index in [0.717, 1.165) is 5.56 Å². The number of aromatic hydroxyl groups is 1. The number of nitrogen functional groups attached to an aromatic ring is 1. The number of nitrogens with two attached hydrogens (primary N) is 1. The zero-order valence-electron chi connectivity index (χ0n) is 9.41. The van der Waals surface area contributed by atoms with Crippen LogP contribution < -0.4 is 10.5 Å². The van der Waals surface area contributed by atoms with Crippen LogP contribution in [-0.2, 0) is 0 Å². The minimum absolute atomic E-state index is 0.0584. The summed E-state index contributed by atoms with van der Waals surface area (Å²) in [6.45, 7) is 1.89. The van der Waals surface area contributed by atoms with Crippen LogP contribution in [0.3, 0.4) is 0 Å². The van der Waals surface area contributed by atoms with E-state index < -0.39 is 0 Å². The van der Waals surface area contributed by atoms with E-state index in [1.807, 2.05) is 13.0 Å². The van der Waals surface area contributed by atoms with Gasteiger partial charge in [0.1, 0.15) is 5.82 Å². The molecule has 0 amide bonds. The molecule has 0 atom stereocenters. The van der Waals surface area contributed by atoms with Crippen LogP contribution in [-0.4, -0.2) is 22.4 Å². The van der Waals surface area contributed by atoms with E-state index in [9.17, 15) is 5.11 Å². The number of nitrogens with zero attached hydrogens (tertiary/aromatic N) is 1. The number of ether oxygens (including phenoxy) is 1. The number of phenols is 1. The van der Waals surface area contributed by atoms with Gasteiger partial charge in [0.25, 0.3) is 0 Å². The van der Waals surface area contributed by atoms with Crippen molar-refractivity contribution in [1.29, 1.82) is 0 Å². The number of H-pyrrole nitrogens is 1. The van der Waals surface area contributed by atoms with Crippen molar-refractivity contribution < 1.29 is 9.84 Å². The molecule has 0 aliphatic heterocycles. The lowest BCUT2D eigenvalue weighted by Gasteiger charge is -2.12. The Kier molecular flexibility index (Phi) is 2.97. The molecule has 4 N–H and O–H groups in total. The Hall–Kier alpha value is -1.69. The smallest absolute Gasteiger partial charge is 0.175 e. The molecule has 0 saturated carbocycles. The van der Waals surface area contributed by atoms with Crippen LogP contribution in [0.2, 0.25) is 0 Å². The van der Waals surface area contributed by atoms with Gasteiger partial charge in [0.2, 0.25) is 0 Å². The summed E-state index contributed by atoms with van der Waals surface area (Å²) in [5.41, 5.74) is 7.73. The van der Waals surface area contributed by atoms with Crippen molar-refractivity contribution >= 4 is 21.7 Å². The fourth-order valence-electron chi connectivity index (χ4n) is 1.74. The first-order valence-electron chi connectivity index (χ1n) is 4.92. The molecule has 0 unspecified atom stereocenters. The SMILES string of the molecule is COc1c(Br)cc(C)c(-c2cc(N)n[nH]2)c1O. The molecule has 2 aromatic rings. The summed E-state index contributed by atoms with van der Waals surface area (Å²) in [6, 6.07) is 3.53. The van der Waals surface area contributed by atoms with Crippen LogP contribution in [0.25, 0.3) is 11.3 Å². The number of hydrogen-bond donors (Lipinski definition) is 3. The zero-order valence-corrected chi connectivity index (χ0v) is 11.0. The molecule has 0 fully saturated rings. The average Bonchev–Trinajstić information content (AvgIpc) is 2.64. The Morgan fingerprint density at radius 1 is 1.47 bits per heavy atom. The van der Waals surface area contributed by atoms with Crippen molar-refractivity contribution in [3.8, 4) is 22.8 Å². The minimum atomic E-state index is 0.0584. The van der Waals surface area contributed by atoms with Crippen LogP contribution in [0.4, 0.5) is 5.82 Å². The topological polar surface area (TPSA) is 84.2 Å². The summed E-state index contributed by atoms with van der Waals surface area (Å²) in [5, 5.41) is 16.8. The van der Waals surface area contributed by atoms with Crippen molar-refractivity contribution in [3.05, 3.63) is 22.2 Å². The number of nitrogens with one attached hydrogen (secondary N) is 1. The molecule has 0 aliphatic rings. The number of anilines is 1. The Morgan fingerprint density at radius 3 is 2.71 bits per heavy atom. The van der Waals surface area contributed by atoms with Crippen molar-refractivity contribution in [3.63, 3.8) is 0 Å². The van der Waals surface area contributed by atoms with Crippen molar-refractivity contribution in [1.82, 2.24) is 10.2 Å². The Morgan fingerprint density at radius 2 is 2.18 bits per heavy atom. The minimum Gasteiger partial charge on any atom is -0.504 e. The van der Waals surface area contributed by atoms with Crippen LogP contribution in [0.5, 0.6) is 11.5 Å². The molecule has 1 aromatic heterocycles. The van der Waals surface area contributed by atoms with Gasteiger partial charge in [0, 0.05) is 11.6 Å². The summed E-state index contributed by atoms with van der Waals surface area (Å²) < 4.78 is 5.84. The fourth-order valence-corrected chi connectivity index (χ4v) is 2.43. The van der Waals surface area contributed by atoms with Gasteiger partial charge in [0.15, 0.2) is 11.5 Å². The molecule has 1 heterocycles. The highest BCUT2D eigenvalue weighted by atomic mass is 79.9. The second-order valence-electron chi connectivity index (χ2n) is 3.64. The molecule has 0 saturated heterocycles. The zero-order chi connectivity index (χ0) is 12.6. The van der Waals surface area contributed by atoms with Gasteiger partial charge in [-0.25, -0.2) is 0 Å². The fraction of sp³-hybridized carbons (Fsp3) is 0.182. The van der Waals surface area contributed by atoms with Crippen molar-refractivity contribution in [2.75, 3.05) is 12.8 Å². The molecular formula is C11H12BrN3O2. The highest BCUT2D eigenvalue weighted by Gasteiger charge is 2.17. The summed E-state index contributed by atoms with van der Waals surface area (Å²) in [7, 11) is 1.50. The second kappa shape index (κ2) is 4.29. The maximum absolute atomic E-state index is 10.2. The van der Waals surface area contributed by atoms with Gasteiger partial charge < -0.3 is 15.6 Å². The van der Waals surface area contributed by atoms with E-state index in [0.29, 0.717) is 27.3 Å². The number of rotatable bonds is 2. The summed E-state index contributed by atoms with van der Waals surface area (Å²) in [5.74, 6) is 0.822. The number of halogens is 1. The van der Waals surface area contributed by atoms with Crippen LogP contribution in [0.1, 0.15) is 5.56 Å². The monoisotopic (exact) mass is 297 g/mol. The van der Waals surface area contributed by atoms with E-state index >= 15 is 0 Å². The third-order valence-electron chi connectivity index (χ3n) is 2.48. The standard InChI is InChI=1S/C11H12BrN3O2/c1-5-3-6(12)11(17-2)10(16)9(5)7-4-8(13)15-14-7/h3-4,16H,1-2H3,(H3,13,14,15). The Labute approximate surface area is 107 Å². The summed E-state index contributed by atoms with van der Waals surface area (Å²) in [4.78, 5) is 0. The third-order valence-corrected chi connectivity index (χ3v) is 3.07. The maximum Gasteiger partial charge on any atom is 0.175 e. The van der Waals surface area contributed by atoms with Crippen LogP contribution >= 0.6 is 15.9 Å². The van der Waals surface area contributed by atoms with Crippen molar-refractivity contribution in [2.24, 2.45) is 0 Å². The number of methoxy groups -OCH3 is 1. The molecule has 5 nitrogen and oxygen atoms in total. The van der Waals surface area contributed by atoms with E-state index in [1.165, 1.54) is 7.11 Å². The predicted molar refractivity (Wildman–Crippen MR) is 69.1 cm³/mol. The lowest BCUT2D eigenvalue weighted by atomic mass is 10.0. The molecule has 0 radical (unpaired) electrons. The third kappa shape index (κ3) is 1.95. The maximum atomic E-state index is 10.2. The van der Waals surface area contributed by atoms with Crippen LogP contribution in [0.15, 0.2) is 16.6 Å². The lowest BCUT2D eigenvalue weighted by molar-refractivity contribution is 0.372. The van der Waals surface area contributed by atoms with Gasteiger partial charge in [0.05, 0.1) is 17.3 Å². The molecule has 17 heavy (non-hydrogen) atoms. The normalized spacial score (nSPS) is 10.5. The first kappa shape index (κ1) is 11.8. The molecule has 6 heteroatoms. The number of aryl methyl sites for hydroxylation is 1. The highest BCUT2D eigenvalue weighted by Crippen LogP contribution is 2.43. The quantitative estimate of drug-likeness (QED) is 0.795. The molecule has 0 bridgehead atoms. The molecule has 1 aromatic carbocycles. The molecule has 90 valence electrons. The van der Waals surface area contributed by atoms with Gasteiger partial charge in [-0.3, -0.25) is 5.10 Å². The van der Waals surface area contributed by atoms with Gasteiger partial charge in [-0.05, 0) is 34.5 Å². The van der Waals surface area contributed by atoms with E-state index in [-0.39, 0.29) is 5.75 Å². The van der Waals surface area contributed by atoms with E-state index in [4.69, 9.17) is 10.5 Å². The second-order valence-corrected chi connectivity index (χ2v) is 4.49. The van der Waals surface area contributed by atoms with Crippen molar-refractivity contribution in [2.45, 2.75) is 6.92 Å². The number of aromatic amines is 1. The summed E-state index contributed by atoms with van der Waals surface area (Å²) >= 11 is 3.33. The highest BCUT2D eigenvalue weighted by molar-refractivity contribution is 9.10. The van der Waals surface area contributed by atoms with Gasteiger partial charge in [-0.1, -0.05) is 0 Å². The number of phenolic OH excluding ortho intramolecular Hbond substituents is 1. The van der Waals surface area contributed by atoms with E-state index in [2.05, 4.69) is 26.1 Å². The van der Waals surface area contributed by atoms with Gasteiger partial charge in [-0.2, -0.15) is 5.10 Å².